The quantitative estimate of drug-likeness (QED) is 0.402. The summed E-state index contributed by atoms with van der Waals surface area (Å²) in [5.74, 6) is -1.84. The third kappa shape index (κ3) is 4.29. The van der Waals surface area contributed by atoms with Crippen molar-refractivity contribution in [1.82, 2.24) is 0 Å². The van der Waals surface area contributed by atoms with E-state index in [2.05, 4.69) is 5.32 Å². The van der Waals surface area contributed by atoms with E-state index >= 15 is 0 Å². The summed E-state index contributed by atoms with van der Waals surface area (Å²) in [6, 6.07) is 10.8. The highest BCUT2D eigenvalue weighted by atomic mass is 16.6. The normalized spacial score (nSPS) is 16.9. The highest BCUT2D eigenvalue weighted by molar-refractivity contribution is 6.14. The average molecular weight is 468 g/mol. The molecule has 178 valence electrons. The Labute approximate surface area is 195 Å². The maximum absolute atomic E-state index is 13.2. The van der Waals surface area contributed by atoms with Crippen molar-refractivity contribution >= 4 is 40.5 Å². The van der Waals surface area contributed by atoms with Crippen LogP contribution in [0.25, 0.3) is 0 Å². The molecule has 4 rings (SSSR count). The number of carbonyl (C=O) groups is 3. The lowest BCUT2D eigenvalue weighted by Crippen LogP contribution is -2.59. The lowest BCUT2D eigenvalue weighted by Gasteiger charge is -2.41. The van der Waals surface area contributed by atoms with Gasteiger partial charge in [-0.3, -0.25) is 24.6 Å². The maximum atomic E-state index is 13.2. The summed E-state index contributed by atoms with van der Waals surface area (Å²) in [5, 5.41) is 14.0. The number of hydrogen-bond acceptors (Lipinski definition) is 8. The van der Waals surface area contributed by atoms with Crippen LogP contribution in [0.1, 0.15) is 24.2 Å². The van der Waals surface area contributed by atoms with Gasteiger partial charge in [0.25, 0.3) is 11.6 Å². The lowest BCUT2D eigenvalue weighted by atomic mass is 9.96. The summed E-state index contributed by atoms with van der Waals surface area (Å²) in [6.45, 7) is 4.46. The fourth-order valence-electron chi connectivity index (χ4n) is 4.05. The Morgan fingerprint density at radius 1 is 1.15 bits per heavy atom. The van der Waals surface area contributed by atoms with Gasteiger partial charge in [-0.2, -0.15) is 0 Å². The Morgan fingerprint density at radius 3 is 2.56 bits per heavy atom. The van der Waals surface area contributed by atoms with Crippen LogP contribution in [0, 0.1) is 10.1 Å². The molecule has 2 aliphatic heterocycles. The van der Waals surface area contributed by atoms with Gasteiger partial charge in [-0.05, 0) is 32.0 Å². The number of esters is 1. The number of nitrogens with one attached hydrogen (secondary N) is 1. The van der Waals surface area contributed by atoms with Crippen LogP contribution < -0.4 is 15.1 Å². The molecule has 0 saturated carbocycles. The number of benzene rings is 2. The molecule has 1 fully saturated rings. The molecule has 1 N–H and O–H groups in total. The summed E-state index contributed by atoms with van der Waals surface area (Å²) in [5.41, 5.74) is -0.0767. The van der Waals surface area contributed by atoms with Crippen molar-refractivity contribution in [3.05, 3.63) is 58.1 Å². The number of non-ortho nitro benzene ring substituents is 1. The van der Waals surface area contributed by atoms with Gasteiger partial charge in [0, 0.05) is 25.2 Å². The zero-order chi connectivity index (χ0) is 24.5. The Bertz CT molecular complexity index is 1160. The number of nitro groups is 1. The third-order valence-corrected chi connectivity index (χ3v) is 5.85. The Balaban J connectivity index is 1.58. The van der Waals surface area contributed by atoms with Gasteiger partial charge in [0.15, 0.2) is 6.61 Å². The molecule has 11 heteroatoms. The second kappa shape index (κ2) is 9.10. The van der Waals surface area contributed by atoms with Crippen LogP contribution in [0.2, 0.25) is 0 Å². The molecule has 2 aromatic carbocycles. The first-order valence-electron chi connectivity index (χ1n) is 10.7. The standard InChI is InChI=1S/C23H24N4O7/c1-23(2)22(30)24-17-5-3-4-6-19(17)26(23)20(28)14-34-21(29)16-13-15(27(31)32)7-8-18(16)25-9-11-33-12-10-25/h3-8,13H,9-12,14H2,1-2H3,(H,24,30). The Morgan fingerprint density at radius 2 is 1.85 bits per heavy atom. The number of amides is 2. The van der Waals surface area contributed by atoms with Crippen LogP contribution in [-0.2, 0) is 19.1 Å². The van der Waals surface area contributed by atoms with Gasteiger partial charge < -0.3 is 19.7 Å². The molecular weight excluding hydrogens is 444 g/mol. The molecular formula is C23H24N4O7. The number of nitrogens with zero attached hydrogens (tertiary/aromatic N) is 3. The molecule has 0 spiro atoms. The number of carbonyl (C=O) groups excluding carboxylic acids is 3. The van der Waals surface area contributed by atoms with Gasteiger partial charge in [-0.15, -0.1) is 0 Å². The minimum Gasteiger partial charge on any atom is -0.452 e. The van der Waals surface area contributed by atoms with Crippen molar-refractivity contribution < 1.29 is 28.8 Å². The molecule has 2 heterocycles. The van der Waals surface area contributed by atoms with Gasteiger partial charge >= 0.3 is 5.97 Å². The van der Waals surface area contributed by atoms with Crippen molar-refractivity contribution in [3.8, 4) is 0 Å². The van der Waals surface area contributed by atoms with Crippen molar-refractivity contribution in [1.29, 1.82) is 0 Å². The Kier molecular flexibility index (Phi) is 6.20. The number of nitro benzene ring substituents is 1. The fourth-order valence-corrected chi connectivity index (χ4v) is 4.05. The first-order valence-corrected chi connectivity index (χ1v) is 10.7. The zero-order valence-corrected chi connectivity index (χ0v) is 18.8. The van der Waals surface area contributed by atoms with Gasteiger partial charge in [-0.1, -0.05) is 12.1 Å². The van der Waals surface area contributed by atoms with E-state index < -0.39 is 28.9 Å². The van der Waals surface area contributed by atoms with Gasteiger partial charge in [-0.25, -0.2) is 4.79 Å². The molecule has 0 aromatic heterocycles. The van der Waals surface area contributed by atoms with Crippen LogP contribution >= 0.6 is 0 Å². The van der Waals surface area contributed by atoms with Gasteiger partial charge in [0.2, 0.25) is 5.91 Å². The van der Waals surface area contributed by atoms with Crippen LogP contribution in [0.5, 0.6) is 0 Å². The summed E-state index contributed by atoms with van der Waals surface area (Å²) >= 11 is 0. The third-order valence-electron chi connectivity index (χ3n) is 5.85. The summed E-state index contributed by atoms with van der Waals surface area (Å²) in [6.07, 6.45) is 0. The minimum absolute atomic E-state index is 0.0139. The summed E-state index contributed by atoms with van der Waals surface area (Å²) in [7, 11) is 0. The second-order valence-corrected chi connectivity index (χ2v) is 8.39. The molecule has 0 radical (unpaired) electrons. The summed E-state index contributed by atoms with van der Waals surface area (Å²) < 4.78 is 10.6. The molecule has 2 aliphatic rings. The fraction of sp³-hybridized carbons (Fsp3) is 0.348. The van der Waals surface area contributed by atoms with E-state index in [9.17, 15) is 24.5 Å². The maximum Gasteiger partial charge on any atom is 0.341 e. The van der Waals surface area contributed by atoms with Crippen molar-refractivity contribution in [2.24, 2.45) is 0 Å². The van der Waals surface area contributed by atoms with Crippen molar-refractivity contribution in [2.45, 2.75) is 19.4 Å². The largest absolute Gasteiger partial charge is 0.452 e. The monoisotopic (exact) mass is 468 g/mol. The molecule has 0 unspecified atom stereocenters. The second-order valence-electron chi connectivity index (χ2n) is 8.39. The Hall–Kier alpha value is -3.99. The number of para-hydroxylation sites is 2. The number of ether oxygens (including phenoxy) is 2. The lowest BCUT2D eigenvalue weighted by molar-refractivity contribution is -0.384. The molecule has 0 bridgehead atoms. The average Bonchev–Trinajstić information content (AvgIpc) is 2.83. The molecule has 34 heavy (non-hydrogen) atoms. The van der Waals surface area contributed by atoms with Crippen LogP contribution in [0.3, 0.4) is 0 Å². The predicted molar refractivity (Wildman–Crippen MR) is 123 cm³/mol. The molecule has 0 atom stereocenters. The van der Waals surface area contributed by atoms with Crippen LogP contribution in [0.15, 0.2) is 42.5 Å². The van der Waals surface area contributed by atoms with Crippen LogP contribution in [-0.4, -0.2) is 61.2 Å². The molecule has 0 aliphatic carbocycles. The zero-order valence-electron chi connectivity index (χ0n) is 18.8. The minimum atomic E-state index is -1.22. The number of anilines is 3. The molecule has 2 amide bonds. The number of rotatable bonds is 5. The highest BCUT2D eigenvalue weighted by Gasteiger charge is 2.43. The first kappa shape index (κ1) is 23.2. The van der Waals surface area contributed by atoms with E-state index in [1.165, 1.54) is 17.0 Å². The van der Waals surface area contributed by atoms with Crippen molar-refractivity contribution in [2.75, 3.05) is 48.0 Å². The highest BCUT2D eigenvalue weighted by Crippen LogP contribution is 2.36. The van der Waals surface area contributed by atoms with Gasteiger partial charge in [0.1, 0.15) is 5.54 Å². The van der Waals surface area contributed by atoms with E-state index in [1.54, 1.807) is 38.1 Å². The van der Waals surface area contributed by atoms with E-state index in [1.807, 2.05) is 4.90 Å². The van der Waals surface area contributed by atoms with E-state index in [0.717, 1.165) is 6.07 Å². The smallest absolute Gasteiger partial charge is 0.341 e. The van der Waals surface area contributed by atoms with Crippen LogP contribution in [0.4, 0.5) is 22.7 Å². The number of fused-ring (bicyclic) bond motifs is 1. The SMILES string of the molecule is CC1(C)C(=O)Nc2ccccc2N1C(=O)COC(=O)c1cc([N+](=O)[O-])ccc1N1CCOCC1. The molecule has 11 nitrogen and oxygen atoms in total. The van der Waals surface area contributed by atoms with E-state index in [-0.39, 0.29) is 17.2 Å². The van der Waals surface area contributed by atoms with E-state index in [0.29, 0.717) is 43.4 Å². The predicted octanol–water partition coefficient (Wildman–Crippen LogP) is 2.35. The number of hydrogen-bond donors (Lipinski definition) is 1. The van der Waals surface area contributed by atoms with Gasteiger partial charge in [0.05, 0.1) is 40.8 Å². The van der Waals surface area contributed by atoms with Crippen molar-refractivity contribution in [3.63, 3.8) is 0 Å². The summed E-state index contributed by atoms with van der Waals surface area (Å²) in [4.78, 5) is 52.6. The van der Waals surface area contributed by atoms with E-state index in [4.69, 9.17) is 9.47 Å². The molecule has 1 saturated heterocycles. The number of morpholine rings is 1. The topological polar surface area (TPSA) is 131 Å². The molecule has 2 aromatic rings. The first-order chi connectivity index (χ1) is 16.2.